The third-order valence-corrected chi connectivity index (χ3v) is 0.710. The molecule has 0 aliphatic carbocycles. The largest absolute Gasteiger partial charge is 0.366 e. The first kappa shape index (κ1) is 9.24. The van der Waals surface area contributed by atoms with E-state index in [1.165, 1.54) is 0 Å². The van der Waals surface area contributed by atoms with Gasteiger partial charge in [0.05, 0.1) is 0 Å². The summed E-state index contributed by atoms with van der Waals surface area (Å²) in [4.78, 5) is 20.7. The highest BCUT2D eigenvalue weighted by atomic mass is 16.2. The first-order valence-electron chi connectivity index (χ1n) is 2.86. The first-order valence-corrected chi connectivity index (χ1v) is 2.86. The first-order chi connectivity index (χ1) is 5.16. The van der Waals surface area contributed by atoms with E-state index in [-0.39, 0.29) is 0 Å². The van der Waals surface area contributed by atoms with Crippen molar-refractivity contribution in [3.8, 4) is 12.0 Å². The molecular formula is C7H8N2O2. The van der Waals surface area contributed by atoms with Gasteiger partial charge in [-0.3, -0.25) is 14.9 Å². The summed E-state index contributed by atoms with van der Waals surface area (Å²) in [6, 6.07) is 2.32. The topological polar surface area (TPSA) is 72.2 Å². The van der Waals surface area contributed by atoms with Gasteiger partial charge in [-0.2, -0.15) is 0 Å². The number of amides is 2. The van der Waals surface area contributed by atoms with Crippen LogP contribution in [0.4, 0.5) is 0 Å². The molecule has 0 spiro atoms. The van der Waals surface area contributed by atoms with Gasteiger partial charge >= 0.3 is 0 Å². The van der Waals surface area contributed by atoms with E-state index in [1.807, 2.05) is 0 Å². The molecular weight excluding hydrogens is 144 g/mol. The third-order valence-electron chi connectivity index (χ3n) is 0.710. The predicted octanol–water partition coefficient (Wildman–Crippen LogP) is -0.875. The standard InChI is InChI=1S/C7H8N2O2/c1-2-5-9-7(11)4-3-6(8)10/h3-4H,1H3,(H2,8,10)(H,9,11)/b4-3-. The van der Waals surface area contributed by atoms with Crippen molar-refractivity contribution >= 4 is 11.8 Å². The number of nitrogens with one attached hydrogen (secondary N) is 1. The number of carbonyl (C=O) groups excluding carboxylic acids is 2. The second-order valence-corrected chi connectivity index (χ2v) is 1.60. The van der Waals surface area contributed by atoms with Crippen LogP contribution in [0.1, 0.15) is 6.92 Å². The average Bonchev–Trinajstić information content (AvgIpc) is 1.97. The van der Waals surface area contributed by atoms with Gasteiger partial charge in [0.2, 0.25) is 5.91 Å². The summed E-state index contributed by atoms with van der Waals surface area (Å²) in [5, 5.41) is 2.19. The van der Waals surface area contributed by atoms with Crippen molar-refractivity contribution in [3.05, 3.63) is 12.2 Å². The molecule has 0 saturated carbocycles. The molecule has 11 heavy (non-hydrogen) atoms. The monoisotopic (exact) mass is 152 g/mol. The fourth-order valence-corrected chi connectivity index (χ4v) is 0.324. The second-order valence-electron chi connectivity index (χ2n) is 1.60. The molecule has 0 rings (SSSR count). The van der Waals surface area contributed by atoms with E-state index in [0.717, 1.165) is 12.2 Å². The van der Waals surface area contributed by atoms with Crippen LogP contribution in [0.2, 0.25) is 0 Å². The predicted molar refractivity (Wildman–Crippen MR) is 39.9 cm³/mol. The summed E-state index contributed by atoms with van der Waals surface area (Å²) in [6.07, 6.45) is 1.99. The lowest BCUT2D eigenvalue weighted by atomic mass is 10.4. The van der Waals surface area contributed by atoms with Crippen molar-refractivity contribution in [1.82, 2.24) is 5.32 Å². The smallest absolute Gasteiger partial charge is 0.255 e. The van der Waals surface area contributed by atoms with E-state index in [4.69, 9.17) is 5.73 Å². The number of nitrogens with two attached hydrogens (primary N) is 1. The van der Waals surface area contributed by atoms with E-state index >= 15 is 0 Å². The molecule has 58 valence electrons. The number of hydrogen-bond acceptors (Lipinski definition) is 2. The molecule has 0 saturated heterocycles. The van der Waals surface area contributed by atoms with Crippen LogP contribution in [0.5, 0.6) is 0 Å². The minimum Gasteiger partial charge on any atom is -0.366 e. The lowest BCUT2D eigenvalue weighted by Crippen LogP contribution is -2.15. The summed E-state index contributed by atoms with van der Waals surface area (Å²) in [6.45, 7) is 1.58. The normalized spacial score (nSPS) is 8.45. The number of rotatable bonds is 2. The van der Waals surface area contributed by atoms with Crippen LogP contribution >= 0.6 is 0 Å². The Kier molecular flexibility index (Phi) is 4.25. The lowest BCUT2D eigenvalue weighted by Gasteiger charge is -1.86. The van der Waals surface area contributed by atoms with Gasteiger partial charge in [0.1, 0.15) is 0 Å². The highest BCUT2D eigenvalue weighted by Crippen LogP contribution is 1.70. The number of primary amides is 1. The fraction of sp³-hybridized carbons (Fsp3) is 0.143. The Morgan fingerprint density at radius 3 is 2.55 bits per heavy atom. The highest BCUT2D eigenvalue weighted by Gasteiger charge is 1.90. The summed E-state index contributed by atoms with van der Waals surface area (Å²) in [5.41, 5.74) is 4.73. The Morgan fingerprint density at radius 2 is 2.09 bits per heavy atom. The zero-order valence-electron chi connectivity index (χ0n) is 6.05. The number of carbonyl (C=O) groups is 2. The molecule has 0 aromatic carbocycles. The van der Waals surface area contributed by atoms with E-state index in [2.05, 4.69) is 17.3 Å². The van der Waals surface area contributed by atoms with E-state index in [1.54, 1.807) is 6.92 Å². The second kappa shape index (κ2) is 5.06. The van der Waals surface area contributed by atoms with Crippen molar-refractivity contribution in [2.75, 3.05) is 0 Å². The summed E-state index contributed by atoms with van der Waals surface area (Å²) in [5.74, 6) is 1.33. The Labute approximate surface area is 64.5 Å². The lowest BCUT2D eigenvalue weighted by molar-refractivity contribution is -0.116. The summed E-state index contributed by atoms with van der Waals surface area (Å²) < 4.78 is 0. The molecule has 2 amide bonds. The molecule has 0 heterocycles. The third kappa shape index (κ3) is 6.12. The fourth-order valence-electron chi connectivity index (χ4n) is 0.324. The molecule has 4 heteroatoms. The van der Waals surface area contributed by atoms with Crippen molar-refractivity contribution in [2.24, 2.45) is 5.73 Å². The van der Waals surface area contributed by atoms with Gasteiger partial charge < -0.3 is 5.73 Å². The van der Waals surface area contributed by atoms with Crippen LogP contribution in [-0.4, -0.2) is 11.8 Å². The van der Waals surface area contributed by atoms with Crippen molar-refractivity contribution in [1.29, 1.82) is 0 Å². The van der Waals surface area contributed by atoms with Gasteiger partial charge in [-0.1, -0.05) is 5.92 Å². The molecule has 0 bridgehead atoms. The van der Waals surface area contributed by atoms with Crippen molar-refractivity contribution in [3.63, 3.8) is 0 Å². The van der Waals surface area contributed by atoms with Crippen molar-refractivity contribution < 1.29 is 9.59 Å². The Morgan fingerprint density at radius 1 is 1.45 bits per heavy atom. The summed E-state index contributed by atoms with van der Waals surface area (Å²) >= 11 is 0. The quantitative estimate of drug-likeness (QED) is 0.306. The average molecular weight is 152 g/mol. The van der Waals surface area contributed by atoms with Gasteiger partial charge in [0.15, 0.2) is 0 Å². The van der Waals surface area contributed by atoms with Gasteiger partial charge in [0.25, 0.3) is 5.91 Å². The molecule has 0 aromatic rings. The van der Waals surface area contributed by atoms with Gasteiger partial charge in [-0.15, -0.1) is 0 Å². The minimum absolute atomic E-state index is 0.460. The minimum atomic E-state index is -0.662. The summed E-state index contributed by atoms with van der Waals surface area (Å²) in [7, 11) is 0. The Hall–Kier alpha value is -1.76. The Bertz CT molecular complexity index is 245. The maximum Gasteiger partial charge on any atom is 0.255 e. The van der Waals surface area contributed by atoms with Gasteiger partial charge in [0, 0.05) is 18.2 Å². The molecule has 0 atom stereocenters. The van der Waals surface area contributed by atoms with Crippen LogP contribution in [0.3, 0.4) is 0 Å². The van der Waals surface area contributed by atoms with E-state index in [9.17, 15) is 9.59 Å². The SMILES string of the molecule is CC#CNC(=O)/C=C\C(N)=O. The van der Waals surface area contributed by atoms with Gasteiger partial charge in [-0.25, -0.2) is 0 Å². The van der Waals surface area contributed by atoms with Crippen LogP contribution in [0, 0.1) is 12.0 Å². The highest BCUT2D eigenvalue weighted by molar-refractivity contribution is 5.96. The van der Waals surface area contributed by atoms with Gasteiger partial charge in [-0.05, 0) is 6.92 Å². The van der Waals surface area contributed by atoms with Crippen LogP contribution < -0.4 is 11.1 Å². The molecule has 4 nitrogen and oxygen atoms in total. The zero-order chi connectivity index (χ0) is 8.69. The van der Waals surface area contributed by atoms with E-state index in [0.29, 0.717) is 0 Å². The molecule has 3 N–H and O–H groups in total. The molecule has 0 aromatic heterocycles. The molecule has 0 radical (unpaired) electrons. The maximum atomic E-state index is 10.6. The van der Waals surface area contributed by atoms with Crippen molar-refractivity contribution in [2.45, 2.75) is 6.92 Å². The van der Waals surface area contributed by atoms with Crippen LogP contribution in [0.25, 0.3) is 0 Å². The molecule has 0 fully saturated rings. The molecule has 0 aliphatic heterocycles. The zero-order valence-corrected chi connectivity index (χ0v) is 6.05. The maximum absolute atomic E-state index is 10.6. The van der Waals surface area contributed by atoms with E-state index < -0.39 is 11.8 Å². The molecule has 0 aliphatic rings. The Balaban J connectivity index is 3.84. The molecule has 0 unspecified atom stereocenters. The van der Waals surface area contributed by atoms with Crippen LogP contribution in [0.15, 0.2) is 12.2 Å². The van der Waals surface area contributed by atoms with Crippen LogP contribution in [-0.2, 0) is 9.59 Å². The number of hydrogen-bond donors (Lipinski definition) is 2.